The first-order chi connectivity index (χ1) is 15.1. The zero-order valence-electron chi connectivity index (χ0n) is 18.8. The topological polar surface area (TPSA) is 111 Å². The molecule has 0 unspecified atom stereocenters. The van der Waals surface area contributed by atoms with Crippen LogP contribution in [0, 0.1) is 6.92 Å². The summed E-state index contributed by atoms with van der Waals surface area (Å²) in [6, 6.07) is 5.27. The number of carbonyl (C=O) groups excluding carboxylic acids is 3. The Balaban J connectivity index is 1.48. The minimum absolute atomic E-state index is 0.149. The van der Waals surface area contributed by atoms with Crippen molar-refractivity contribution >= 4 is 40.2 Å². The number of benzene rings is 1. The van der Waals surface area contributed by atoms with Crippen LogP contribution in [0.2, 0.25) is 0 Å². The molecule has 10 heteroatoms. The smallest absolute Gasteiger partial charge is 0.325 e. The van der Waals surface area contributed by atoms with E-state index >= 15 is 0 Å². The number of hydrogen-bond acceptors (Lipinski definition) is 6. The van der Waals surface area contributed by atoms with E-state index in [0.717, 1.165) is 22.3 Å². The van der Waals surface area contributed by atoms with E-state index in [4.69, 9.17) is 4.74 Å². The van der Waals surface area contributed by atoms with Crippen molar-refractivity contribution in [3.05, 3.63) is 35.7 Å². The van der Waals surface area contributed by atoms with E-state index in [-0.39, 0.29) is 24.8 Å². The normalized spacial score (nSPS) is 14.7. The molecule has 0 aliphatic carbocycles. The zero-order chi connectivity index (χ0) is 23.2. The standard InChI is InChI=1S/C22H26N6O4/c1-13-20-17(26(4)25-13)11-23-28(20)9-8-18(29)24-14-6-7-16-15(10-14)22(2,3)21(31)27(16)12-19(30)32-5/h6-7,10-11H,8-9,12H2,1-5H3,(H,24,29). The average molecular weight is 438 g/mol. The minimum Gasteiger partial charge on any atom is -0.468 e. The fourth-order valence-electron chi connectivity index (χ4n) is 4.17. The van der Waals surface area contributed by atoms with Crippen molar-refractivity contribution in [1.29, 1.82) is 0 Å². The summed E-state index contributed by atoms with van der Waals surface area (Å²) in [5.74, 6) is -0.837. The molecular weight excluding hydrogens is 412 g/mol. The molecule has 0 fully saturated rings. The molecule has 1 aromatic carbocycles. The maximum Gasteiger partial charge on any atom is 0.325 e. The SMILES string of the molecule is COC(=O)CN1C(=O)C(C)(C)c2cc(NC(=O)CCn3ncc4c3c(C)nn4C)ccc21. The Morgan fingerprint density at radius 1 is 1.25 bits per heavy atom. The van der Waals surface area contributed by atoms with Crippen LogP contribution < -0.4 is 10.2 Å². The number of anilines is 2. The summed E-state index contributed by atoms with van der Waals surface area (Å²) >= 11 is 0. The van der Waals surface area contributed by atoms with Gasteiger partial charge in [-0.25, -0.2) is 0 Å². The zero-order valence-corrected chi connectivity index (χ0v) is 18.8. The van der Waals surface area contributed by atoms with Gasteiger partial charge < -0.3 is 15.0 Å². The van der Waals surface area contributed by atoms with Crippen LogP contribution in [-0.4, -0.2) is 51.0 Å². The number of rotatable bonds is 6. The van der Waals surface area contributed by atoms with Gasteiger partial charge in [0.15, 0.2) is 0 Å². The van der Waals surface area contributed by atoms with Gasteiger partial charge in [0.05, 0.1) is 31.0 Å². The van der Waals surface area contributed by atoms with E-state index in [2.05, 4.69) is 15.5 Å². The highest BCUT2D eigenvalue weighted by molar-refractivity contribution is 6.10. The molecule has 168 valence electrons. The molecule has 10 nitrogen and oxygen atoms in total. The molecule has 3 aromatic rings. The number of aromatic nitrogens is 4. The summed E-state index contributed by atoms with van der Waals surface area (Å²) in [6.07, 6.45) is 1.98. The van der Waals surface area contributed by atoms with Gasteiger partial charge in [0, 0.05) is 24.8 Å². The third-order valence-electron chi connectivity index (χ3n) is 5.90. The van der Waals surface area contributed by atoms with Crippen molar-refractivity contribution in [2.24, 2.45) is 7.05 Å². The lowest BCUT2D eigenvalue weighted by Gasteiger charge is -2.19. The molecule has 0 saturated heterocycles. The molecule has 1 aliphatic heterocycles. The van der Waals surface area contributed by atoms with Gasteiger partial charge >= 0.3 is 5.97 Å². The van der Waals surface area contributed by atoms with Crippen LogP contribution in [0.1, 0.15) is 31.5 Å². The fourth-order valence-corrected chi connectivity index (χ4v) is 4.17. The van der Waals surface area contributed by atoms with Crippen LogP contribution in [0.25, 0.3) is 11.0 Å². The van der Waals surface area contributed by atoms with E-state index in [9.17, 15) is 14.4 Å². The lowest BCUT2D eigenvalue weighted by Crippen LogP contribution is -2.39. The van der Waals surface area contributed by atoms with E-state index in [1.165, 1.54) is 12.0 Å². The Kier molecular flexibility index (Phi) is 5.23. The van der Waals surface area contributed by atoms with Gasteiger partial charge in [0.2, 0.25) is 11.8 Å². The fraction of sp³-hybridized carbons (Fsp3) is 0.409. The Morgan fingerprint density at radius 3 is 2.72 bits per heavy atom. The molecule has 3 heterocycles. The lowest BCUT2D eigenvalue weighted by atomic mass is 9.86. The number of fused-ring (bicyclic) bond motifs is 2. The van der Waals surface area contributed by atoms with Crippen LogP contribution in [-0.2, 0) is 38.1 Å². The quantitative estimate of drug-likeness (QED) is 0.589. The van der Waals surface area contributed by atoms with Crippen molar-refractivity contribution in [3.63, 3.8) is 0 Å². The number of methoxy groups -OCH3 is 1. The highest BCUT2D eigenvalue weighted by atomic mass is 16.5. The molecular formula is C22H26N6O4. The second kappa shape index (κ2) is 7.77. The first kappa shape index (κ1) is 21.5. The number of nitrogens with one attached hydrogen (secondary N) is 1. The van der Waals surface area contributed by atoms with Crippen LogP contribution in [0.5, 0.6) is 0 Å². The number of ether oxygens (including phenoxy) is 1. The number of nitrogens with zero attached hydrogens (tertiary/aromatic N) is 5. The van der Waals surface area contributed by atoms with Gasteiger partial charge in [-0.05, 0) is 44.5 Å². The number of amides is 2. The molecule has 32 heavy (non-hydrogen) atoms. The third-order valence-corrected chi connectivity index (χ3v) is 5.90. The van der Waals surface area contributed by atoms with Gasteiger partial charge in [0.25, 0.3) is 0 Å². The number of carbonyl (C=O) groups is 3. The number of hydrogen-bond donors (Lipinski definition) is 1. The van der Waals surface area contributed by atoms with Crippen LogP contribution >= 0.6 is 0 Å². The molecule has 0 spiro atoms. The van der Waals surface area contributed by atoms with Gasteiger partial charge in [-0.15, -0.1) is 0 Å². The third kappa shape index (κ3) is 3.51. The first-order valence-corrected chi connectivity index (χ1v) is 10.3. The minimum atomic E-state index is -0.817. The molecule has 0 bridgehead atoms. The van der Waals surface area contributed by atoms with Gasteiger partial charge in [-0.3, -0.25) is 23.7 Å². The first-order valence-electron chi connectivity index (χ1n) is 10.3. The van der Waals surface area contributed by atoms with Crippen molar-refractivity contribution in [2.75, 3.05) is 23.9 Å². The van der Waals surface area contributed by atoms with E-state index < -0.39 is 11.4 Å². The Hall–Kier alpha value is -3.69. The van der Waals surface area contributed by atoms with Gasteiger partial charge in [-0.1, -0.05) is 0 Å². The second-order valence-electron chi connectivity index (χ2n) is 8.43. The molecule has 0 saturated carbocycles. The molecule has 0 radical (unpaired) electrons. The summed E-state index contributed by atoms with van der Waals surface area (Å²) in [4.78, 5) is 38.6. The molecule has 2 aromatic heterocycles. The van der Waals surface area contributed by atoms with Crippen LogP contribution in [0.15, 0.2) is 24.4 Å². The summed E-state index contributed by atoms with van der Waals surface area (Å²) in [5, 5.41) is 11.6. The van der Waals surface area contributed by atoms with Crippen molar-refractivity contribution < 1.29 is 19.1 Å². The number of esters is 1. The van der Waals surface area contributed by atoms with Crippen molar-refractivity contribution in [3.8, 4) is 0 Å². The molecule has 1 aliphatic rings. The summed E-state index contributed by atoms with van der Waals surface area (Å²) in [7, 11) is 3.15. The molecule has 4 rings (SSSR count). The van der Waals surface area contributed by atoms with Crippen molar-refractivity contribution in [2.45, 2.75) is 39.2 Å². The van der Waals surface area contributed by atoms with Gasteiger partial charge in [0.1, 0.15) is 17.6 Å². The predicted molar refractivity (Wildman–Crippen MR) is 118 cm³/mol. The van der Waals surface area contributed by atoms with E-state index in [1.54, 1.807) is 47.6 Å². The van der Waals surface area contributed by atoms with Gasteiger partial charge in [-0.2, -0.15) is 10.2 Å². The van der Waals surface area contributed by atoms with Crippen LogP contribution in [0.3, 0.4) is 0 Å². The summed E-state index contributed by atoms with van der Waals surface area (Å²) in [6.45, 7) is 5.79. The Labute approximate surface area is 185 Å². The lowest BCUT2D eigenvalue weighted by molar-refractivity contribution is -0.140. The summed E-state index contributed by atoms with van der Waals surface area (Å²) in [5.41, 5.74) is 3.88. The average Bonchev–Trinajstić information content (AvgIpc) is 3.35. The second-order valence-corrected chi connectivity index (χ2v) is 8.43. The predicted octanol–water partition coefficient (Wildman–Crippen LogP) is 1.90. The highest BCUT2D eigenvalue weighted by Crippen LogP contribution is 2.42. The highest BCUT2D eigenvalue weighted by Gasteiger charge is 2.44. The van der Waals surface area contributed by atoms with Crippen LogP contribution in [0.4, 0.5) is 11.4 Å². The Morgan fingerprint density at radius 2 is 2.00 bits per heavy atom. The molecule has 2 amide bonds. The molecule has 1 N–H and O–H groups in total. The van der Waals surface area contributed by atoms with E-state index in [1.807, 2.05) is 14.0 Å². The monoisotopic (exact) mass is 438 g/mol. The molecule has 0 atom stereocenters. The van der Waals surface area contributed by atoms with E-state index in [0.29, 0.717) is 17.9 Å². The number of aryl methyl sites for hydroxylation is 3. The summed E-state index contributed by atoms with van der Waals surface area (Å²) < 4.78 is 8.26. The maximum atomic E-state index is 12.9. The maximum absolute atomic E-state index is 12.9. The Bertz CT molecular complexity index is 1240. The van der Waals surface area contributed by atoms with Crippen molar-refractivity contribution in [1.82, 2.24) is 19.6 Å². The largest absolute Gasteiger partial charge is 0.468 e.